The van der Waals surface area contributed by atoms with Crippen LogP contribution in [0, 0.1) is 10.1 Å². The molecule has 0 atom stereocenters. The van der Waals surface area contributed by atoms with Crippen molar-refractivity contribution in [2.45, 2.75) is 13.2 Å². The molecule has 0 radical (unpaired) electrons. The van der Waals surface area contributed by atoms with Crippen molar-refractivity contribution in [3.8, 4) is 5.75 Å². The van der Waals surface area contributed by atoms with Crippen LogP contribution in [0.5, 0.6) is 5.75 Å². The van der Waals surface area contributed by atoms with Gasteiger partial charge in [-0.3, -0.25) is 10.1 Å². The quantitative estimate of drug-likeness (QED) is 0.661. The molecule has 0 aliphatic carbocycles. The summed E-state index contributed by atoms with van der Waals surface area (Å²) in [6, 6.07) is 4.13. The maximum atomic E-state index is 10.6. The maximum absolute atomic E-state index is 10.6. The first-order chi connectivity index (χ1) is 8.70. The van der Waals surface area contributed by atoms with E-state index in [4.69, 9.17) is 9.84 Å². The molecule has 1 heterocycles. The zero-order chi connectivity index (χ0) is 13.0. The Labute approximate surface area is 107 Å². The lowest BCUT2D eigenvalue weighted by molar-refractivity contribution is -0.385. The van der Waals surface area contributed by atoms with Crippen LogP contribution in [0.25, 0.3) is 0 Å². The summed E-state index contributed by atoms with van der Waals surface area (Å²) in [5.41, 5.74) is 0.321. The molecule has 0 aliphatic rings. The fourth-order valence-electron chi connectivity index (χ4n) is 1.41. The highest BCUT2D eigenvalue weighted by Gasteiger charge is 2.11. The van der Waals surface area contributed by atoms with Gasteiger partial charge in [0, 0.05) is 29.3 Å². The van der Waals surface area contributed by atoms with E-state index in [9.17, 15) is 10.1 Å². The van der Waals surface area contributed by atoms with Crippen molar-refractivity contribution in [1.82, 2.24) is 4.98 Å². The lowest BCUT2D eigenvalue weighted by atomic mass is 10.2. The molecule has 0 saturated carbocycles. The number of thiazole rings is 1. The van der Waals surface area contributed by atoms with Crippen molar-refractivity contribution < 1.29 is 14.8 Å². The smallest absolute Gasteiger partial charge is 0.270 e. The highest BCUT2D eigenvalue weighted by molar-refractivity contribution is 7.09. The summed E-state index contributed by atoms with van der Waals surface area (Å²) in [5, 5.41) is 22.4. The summed E-state index contributed by atoms with van der Waals surface area (Å²) in [6.07, 6.45) is 1.67. The number of nitro benzene ring substituents is 1. The Morgan fingerprint density at radius 2 is 2.33 bits per heavy atom. The second-order valence-electron chi connectivity index (χ2n) is 3.42. The molecule has 1 aromatic heterocycles. The third kappa shape index (κ3) is 2.82. The van der Waals surface area contributed by atoms with Crippen LogP contribution in [0.3, 0.4) is 0 Å². The average molecular weight is 266 g/mol. The highest BCUT2D eigenvalue weighted by atomic mass is 32.1. The third-order valence-corrected chi connectivity index (χ3v) is 3.01. The Kier molecular flexibility index (Phi) is 3.85. The lowest BCUT2D eigenvalue weighted by Gasteiger charge is -2.08. The van der Waals surface area contributed by atoms with Crippen LogP contribution >= 0.6 is 11.3 Å². The number of nitro groups is 1. The third-order valence-electron chi connectivity index (χ3n) is 2.26. The van der Waals surface area contributed by atoms with E-state index in [2.05, 4.69) is 4.98 Å². The van der Waals surface area contributed by atoms with Crippen LogP contribution in [-0.2, 0) is 13.2 Å². The highest BCUT2D eigenvalue weighted by Crippen LogP contribution is 2.25. The Balaban J connectivity index is 2.14. The summed E-state index contributed by atoms with van der Waals surface area (Å²) >= 11 is 1.46. The van der Waals surface area contributed by atoms with Crippen LogP contribution in [-0.4, -0.2) is 15.0 Å². The van der Waals surface area contributed by atoms with Gasteiger partial charge < -0.3 is 9.84 Å². The molecule has 2 rings (SSSR count). The number of aliphatic hydroxyl groups is 1. The zero-order valence-electron chi connectivity index (χ0n) is 9.28. The van der Waals surface area contributed by atoms with Gasteiger partial charge in [-0.05, 0) is 6.07 Å². The summed E-state index contributed by atoms with van der Waals surface area (Å²) in [7, 11) is 0. The lowest BCUT2D eigenvalue weighted by Crippen LogP contribution is -1.99. The normalized spacial score (nSPS) is 10.3. The number of non-ortho nitro benzene ring substituents is 1. The van der Waals surface area contributed by atoms with E-state index in [1.165, 1.54) is 29.5 Å². The van der Waals surface area contributed by atoms with Gasteiger partial charge in [0.2, 0.25) is 0 Å². The molecule has 7 heteroatoms. The fourth-order valence-corrected chi connectivity index (χ4v) is 1.94. The summed E-state index contributed by atoms with van der Waals surface area (Å²) in [5.74, 6) is 0.429. The topological polar surface area (TPSA) is 85.5 Å². The molecule has 0 amide bonds. The monoisotopic (exact) mass is 266 g/mol. The number of benzene rings is 1. The van der Waals surface area contributed by atoms with Gasteiger partial charge in [-0.25, -0.2) is 4.98 Å². The van der Waals surface area contributed by atoms with Crippen LogP contribution < -0.4 is 4.74 Å². The predicted octanol–water partition coefficient (Wildman–Crippen LogP) is 2.12. The van der Waals surface area contributed by atoms with Crippen LogP contribution in [0.1, 0.15) is 10.6 Å². The molecule has 0 fully saturated rings. The maximum Gasteiger partial charge on any atom is 0.270 e. The van der Waals surface area contributed by atoms with Crippen molar-refractivity contribution >= 4 is 17.0 Å². The van der Waals surface area contributed by atoms with Gasteiger partial charge in [-0.1, -0.05) is 0 Å². The molecule has 0 aliphatic heterocycles. The largest absolute Gasteiger partial charge is 0.486 e. The average Bonchev–Trinajstić information content (AvgIpc) is 2.89. The first kappa shape index (κ1) is 12.5. The van der Waals surface area contributed by atoms with E-state index in [0.717, 1.165) is 5.01 Å². The Morgan fingerprint density at radius 3 is 2.94 bits per heavy atom. The van der Waals surface area contributed by atoms with E-state index in [0.29, 0.717) is 11.3 Å². The molecule has 0 unspecified atom stereocenters. The van der Waals surface area contributed by atoms with Crippen molar-refractivity contribution in [3.63, 3.8) is 0 Å². The van der Waals surface area contributed by atoms with Gasteiger partial charge in [0.25, 0.3) is 5.69 Å². The molecule has 0 spiro atoms. The summed E-state index contributed by atoms with van der Waals surface area (Å²) < 4.78 is 5.47. The zero-order valence-corrected chi connectivity index (χ0v) is 10.1. The second kappa shape index (κ2) is 5.56. The number of hydrogen-bond donors (Lipinski definition) is 1. The Morgan fingerprint density at radius 1 is 1.50 bits per heavy atom. The van der Waals surface area contributed by atoms with Gasteiger partial charge >= 0.3 is 0 Å². The van der Waals surface area contributed by atoms with E-state index in [1.807, 2.05) is 5.38 Å². The number of aromatic nitrogens is 1. The van der Waals surface area contributed by atoms with Gasteiger partial charge in [0.05, 0.1) is 11.5 Å². The summed E-state index contributed by atoms with van der Waals surface area (Å²) in [4.78, 5) is 14.1. The molecular weight excluding hydrogens is 256 g/mol. The minimum atomic E-state index is -0.510. The van der Waals surface area contributed by atoms with Gasteiger partial charge in [0.15, 0.2) is 0 Å². The van der Waals surface area contributed by atoms with Gasteiger partial charge in [-0.2, -0.15) is 0 Å². The van der Waals surface area contributed by atoms with Crippen LogP contribution in [0.15, 0.2) is 29.8 Å². The van der Waals surface area contributed by atoms with Crippen molar-refractivity contribution in [2.24, 2.45) is 0 Å². The van der Waals surface area contributed by atoms with Crippen molar-refractivity contribution in [1.29, 1.82) is 0 Å². The van der Waals surface area contributed by atoms with Crippen LogP contribution in [0.4, 0.5) is 5.69 Å². The molecule has 0 bridgehead atoms. The molecular formula is C11H10N2O4S. The van der Waals surface area contributed by atoms with Crippen molar-refractivity contribution in [3.05, 3.63) is 50.5 Å². The molecule has 2 aromatic rings. The Bertz CT molecular complexity index is 542. The van der Waals surface area contributed by atoms with Crippen LogP contribution in [0.2, 0.25) is 0 Å². The molecule has 1 N–H and O–H groups in total. The molecule has 0 saturated heterocycles. The molecule has 18 heavy (non-hydrogen) atoms. The minimum absolute atomic E-state index is 0.0688. The van der Waals surface area contributed by atoms with E-state index >= 15 is 0 Å². The van der Waals surface area contributed by atoms with Gasteiger partial charge in [-0.15, -0.1) is 11.3 Å². The minimum Gasteiger partial charge on any atom is -0.486 e. The first-order valence-electron chi connectivity index (χ1n) is 5.10. The van der Waals surface area contributed by atoms with Crippen molar-refractivity contribution in [2.75, 3.05) is 0 Å². The number of hydrogen-bond acceptors (Lipinski definition) is 6. The first-order valence-corrected chi connectivity index (χ1v) is 5.98. The fraction of sp³-hybridized carbons (Fsp3) is 0.182. The number of aliphatic hydroxyl groups excluding tert-OH is 1. The SMILES string of the molecule is O=[N+]([O-])c1ccc(OCc2nccs2)c(CO)c1. The van der Waals surface area contributed by atoms with E-state index < -0.39 is 4.92 Å². The second-order valence-corrected chi connectivity index (χ2v) is 4.40. The molecule has 1 aromatic carbocycles. The molecule has 94 valence electrons. The number of ether oxygens (including phenoxy) is 1. The predicted molar refractivity (Wildman–Crippen MR) is 65.5 cm³/mol. The number of rotatable bonds is 5. The van der Waals surface area contributed by atoms with E-state index in [-0.39, 0.29) is 18.9 Å². The number of nitrogens with zero attached hydrogens (tertiary/aromatic N) is 2. The summed E-state index contributed by atoms with van der Waals surface area (Å²) in [6.45, 7) is -0.0304. The van der Waals surface area contributed by atoms with E-state index in [1.54, 1.807) is 6.20 Å². The standard InChI is InChI=1S/C11H10N2O4S/c14-6-8-5-9(13(15)16)1-2-10(8)17-7-11-12-3-4-18-11/h1-5,14H,6-7H2. The van der Waals surface area contributed by atoms with Gasteiger partial charge in [0.1, 0.15) is 17.4 Å². The Hall–Kier alpha value is -1.99. The molecule has 6 nitrogen and oxygen atoms in total.